The first-order valence-electron chi connectivity index (χ1n) is 10.2. The minimum atomic E-state index is -0.793. The minimum Gasteiger partial charge on any atom is -0.496 e. The lowest BCUT2D eigenvalue weighted by atomic mass is 9.89. The molecule has 30 heavy (non-hydrogen) atoms. The van der Waals surface area contributed by atoms with E-state index in [0.29, 0.717) is 24.5 Å². The molecule has 6 heteroatoms. The Morgan fingerprint density at radius 1 is 1.10 bits per heavy atom. The molecule has 1 fully saturated rings. The molecular formula is C24H26N2O4. The van der Waals surface area contributed by atoms with Crippen molar-refractivity contribution < 1.29 is 19.4 Å². The largest absolute Gasteiger partial charge is 0.496 e. The van der Waals surface area contributed by atoms with E-state index in [-0.39, 0.29) is 6.04 Å². The molecule has 4 rings (SSSR count). The summed E-state index contributed by atoms with van der Waals surface area (Å²) in [6, 6.07) is 13.0. The van der Waals surface area contributed by atoms with Crippen LogP contribution in [0, 0.1) is 0 Å². The molecule has 0 radical (unpaired) electrons. The second kappa shape index (κ2) is 8.71. The quantitative estimate of drug-likeness (QED) is 0.659. The van der Waals surface area contributed by atoms with Crippen LogP contribution < -0.4 is 9.47 Å². The molecule has 1 aromatic heterocycles. The third-order valence-corrected chi connectivity index (χ3v) is 5.88. The van der Waals surface area contributed by atoms with Crippen molar-refractivity contribution in [2.75, 3.05) is 20.8 Å². The highest BCUT2D eigenvalue weighted by molar-refractivity contribution is 5.82. The molecule has 0 aliphatic carbocycles. The first-order valence-corrected chi connectivity index (χ1v) is 10.2. The fourth-order valence-corrected chi connectivity index (χ4v) is 4.47. The SMILES string of the molecule is COc1cccc(OC)c1C(c1ccc2cnccc2c1)N1CCCCC1C(=O)O. The van der Waals surface area contributed by atoms with Gasteiger partial charge in [-0.1, -0.05) is 24.6 Å². The molecular weight excluding hydrogens is 380 g/mol. The van der Waals surface area contributed by atoms with Crippen LogP contribution >= 0.6 is 0 Å². The molecule has 2 aromatic carbocycles. The minimum absolute atomic E-state index is 0.310. The van der Waals surface area contributed by atoms with E-state index in [1.54, 1.807) is 20.4 Å². The first-order chi connectivity index (χ1) is 14.6. The molecule has 6 nitrogen and oxygen atoms in total. The number of pyridine rings is 1. The topological polar surface area (TPSA) is 71.9 Å². The van der Waals surface area contributed by atoms with Crippen molar-refractivity contribution in [1.82, 2.24) is 9.88 Å². The molecule has 1 saturated heterocycles. The van der Waals surface area contributed by atoms with E-state index in [1.165, 1.54) is 0 Å². The van der Waals surface area contributed by atoms with E-state index in [4.69, 9.17) is 9.47 Å². The summed E-state index contributed by atoms with van der Waals surface area (Å²) in [7, 11) is 3.26. The Morgan fingerprint density at radius 2 is 1.87 bits per heavy atom. The van der Waals surface area contributed by atoms with Gasteiger partial charge in [-0.05, 0) is 54.6 Å². The van der Waals surface area contributed by atoms with E-state index in [9.17, 15) is 9.90 Å². The van der Waals surface area contributed by atoms with E-state index in [0.717, 1.165) is 34.7 Å². The lowest BCUT2D eigenvalue weighted by Crippen LogP contribution is -2.47. The van der Waals surface area contributed by atoms with Crippen LogP contribution in [0.2, 0.25) is 0 Å². The van der Waals surface area contributed by atoms with Gasteiger partial charge in [-0.15, -0.1) is 0 Å². The lowest BCUT2D eigenvalue weighted by Gasteiger charge is -2.40. The van der Waals surface area contributed by atoms with Gasteiger partial charge in [0, 0.05) is 17.8 Å². The number of piperidine rings is 1. The maximum atomic E-state index is 12.1. The third-order valence-electron chi connectivity index (χ3n) is 5.88. The number of methoxy groups -OCH3 is 2. The standard InChI is InChI=1S/C24H26N2O4/c1-29-20-7-5-8-21(30-2)22(20)23(26-13-4-3-6-19(26)24(27)28)17-9-10-18-15-25-12-11-16(18)14-17/h5,7-12,14-15,19,23H,3-4,6,13H2,1-2H3,(H,27,28). The van der Waals surface area contributed by atoms with Crippen molar-refractivity contribution in [2.24, 2.45) is 0 Å². The monoisotopic (exact) mass is 406 g/mol. The van der Waals surface area contributed by atoms with Crippen LogP contribution in [-0.4, -0.2) is 47.8 Å². The molecule has 0 spiro atoms. The summed E-state index contributed by atoms with van der Waals surface area (Å²) in [5.74, 6) is 0.575. The third kappa shape index (κ3) is 3.71. The Labute approximate surface area is 176 Å². The maximum Gasteiger partial charge on any atom is 0.320 e. The zero-order valence-electron chi connectivity index (χ0n) is 17.2. The zero-order valence-corrected chi connectivity index (χ0v) is 17.2. The average molecular weight is 406 g/mol. The zero-order chi connectivity index (χ0) is 21.1. The number of carbonyl (C=O) groups is 1. The first kappa shape index (κ1) is 20.2. The molecule has 1 aliphatic rings. The Kier molecular flexibility index (Phi) is 5.86. The van der Waals surface area contributed by atoms with Crippen molar-refractivity contribution in [3.63, 3.8) is 0 Å². The van der Waals surface area contributed by atoms with Crippen LogP contribution in [0.15, 0.2) is 54.9 Å². The van der Waals surface area contributed by atoms with Gasteiger partial charge in [-0.3, -0.25) is 14.7 Å². The molecule has 2 heterocycles. The van der Waals surface area contributed by atoms with E-state index >= 15 is 0 Å². The highest BCUT2D eigenvalue weighted by Crippen LogP contribution is 2.43. The maximum absolute atomic E-state index is 12.1. The van der Waals surface area contributed by atoms with Crippen molar-refractivity contribution in [3.05, 3.63) is 66.0 Å². The number of ether oxygens (including phenoxy) is 2. The van der Waals surface area contributed by atoms with Gasteiger partial charge >= 0.3 is 5.97 Å². The fraction of sp³-hybridized carbons (Fsp3) is 0.333. The number of aliphatic carboxylic acids is 1. The number of benzene rings is 2. The molecule has 156 valence electrons. The second-order valence-electron chi connectivity index (χ2n) is 7.55. The number of rotatable bonds is 6. The summed E-state index contributed by atoms with van der Waals surface area (Å²) in [5.41, 5.74) is 1.86. The Morgan fingerprint density at radius 3 is 2.57 bits per heavy atom. The molecule has 3 aromatic rings. The summed E-state index contributed by atoms with van der Waals surface area (Å²) >= 11 is 0. The van der Waals surface area contributed by atoms with E-state index < -0.39 is 12.0 Å². The van der Waals surface area contributed by atoms with Gasteiger partial charge in [-0.25, -0.2) is 0 Å². The van der Waals surface area contributed by atoms with Gasteiger partial charge in [0.2, 0.25) is 0 Å². The molecule has 0 saturated carbocycles. The van der Waals surface area contributed by atoms with Crippen molar-refractivity contribution in [2.45, 2.75) is 31.3 Å². The molecule has 1 N–H and O–H groups in total. The molecule has 0 bridgehead atoms. The number of carboxylic acid groups (broad SMARTS) is 1. The number of carboxylic acids is 1. The number of fused-ring (bicyclic) bond motifs is 1. The molecule has 2 atom stereocenters. The van der Waals surface area contributed by atoms with Gasteiger partial charge < -0.3 is 14.6 Å². The number of hydrogen-bond acceptors (Lipinski definition) is 5. The molecule has 2 unspecified atom stereocenters. The molecule has 1 aliphatic heterocycles. The van der Waals surface area contributed by atoms with Gasteiger partial charge in [0.25, 0.3) is 0 Å². The van der Waals surface area contributed by atoms with E-state index in [1.807, 2.05) is 42.6 Å². The Hall–Kier alpha value is -3.12. The Bertz CT molecular complexity index is 1030. The highest BCUT2D eigenvalue weighted by Gasteiger charge is 2.37. The van der Waals surface area contributed by atoms with Crippen LogP contribution in [0.5, 0.6) is 11.5 Å². The van der Waals surface area contributed by atoms with Crippen molar-refractivity contribution in [1.29, 1.82) is 0 Å². The van der Waals surface area contributed by atoms with Gasteiger partial charge in [0.05, 0.1) is 25.8 Å². The summed E-state index contributed by atoms with van der Waals surface area (Å²) in [4.78, 5) is 18.4. The second-order valence-corrected chi connectivity index (χ2v) is 7.55. The average Bonchev–Trinajstić information content (AvgIpc) is 2.79. The summed E-state index contributed by atoms with van der Waals surface area (Å²) in [6.45, 7) is 0.692. The van der Waals surface area contributed by atoms with Crippen molar-refractivity contribution >= 4 is 16.7 Å². The van der Waals surface area contributed by atoms with E-state index in [2.05, 4.69) is 16.0 Å². The highest BCUT2D eigenvalue weighted by atomic mass is 16.5. The van der Waals surface area contributed by atoms with Gasteiger partial charge in [0.15, 0.2) is 0 Å². The summed E-state index contributed by atoms with van der Waals surface area (Å²) in [5, 5.41) is 12.1. The predicted molar refractivity (Wildman–Crippen MR) is 115 cm³/mol. The van der Waals surface area contributed by atoms with Crippen LogP contribution in [0.25, 0.3) is 10.8 Å². The molecule has 0 amide bonds. The Balaban J connectivity index is 1.94. The van der Waals surface area contributed by atoms with Crippen LogP contribution in [0.4, 0.5) is 0 Å². The normalized spacial score (nSPS) is 18.1. The predicted octanol–water partition coefficient (Wildman–Crippen LogP) is 4.28. The number of nitrogens with zero attached hydrogens (tertiary/aromatic N) is 2. The summed E-state index contributed by atoms with van der Waals surface area (Å²) in [6.07, 6.45) is 6.09. The van der Waals surface area contributed by atoms with Crippen LogP contribution in [0.3, 0.4) is 0 Å². The van der Waals surface area contributed by atoms with Gasteiger partial charge in [0.1, 0.15) is 17.5 Å². The number of likely N-dealkylation sites (tertiary alicyclic amines) is 1. The van der Waals surface area contributed by atoms with Crippen LogP contribution in [-0.2, 0) is 4.79 Å². The number of aromatic nitrogens is 1. The summed E-state index contributed by atoms with van der Waals surface area (Å²) < 4.78 is 11.4. The fourth-order valence-electron chi connectivity index (χ4n) is 4.47. The van der Waals surface area contributed by atoms with Crippen molar-refractivity contribution in [3.8, 4) is 11.5 Å². The lowest BCUT2D eigenvalue weighted by molar-refractivity contribution is -0.145. The smallest absolute Gasteiger partial charge is 0.320 e. The number of hydrogen-bond donors (Lipinski definition) is 1. The van der Waals surface area contributed by atoms with Gasteiger partial charge in [-0.2, -0.15) is 0 Å². The van der Waals surface area contributed by atoms with Crippen LogP contribution in [0.1, 0.15) is 36.4 Å².